The molecule has 0 unspecified atom stereocenters. The number of benzene rings is 11. The Morgan fingerprint density at radius 1 is 0.237 bits per heavy atom. The standard InChI is InChI=1S/C34H28N2.C22H21N.C21H20N2.C15H17N.2C9H13N/c1-34(2,3)32-31(36-29-19-11-7-15-24(29)25-16-8-12-20-30(25)36)22-21-27-26-17-9-10-18-28(26)35(33(27)32)23-13-5-4-6-14-23;1-22(2,3)19-14-9-13-18-17-12-7-8-15-20(17)23(21(18)19)16-10-5-4-6-11-16;1-21(2,3)19-13-8-14-20(22-19)23-17-11-6-4-9-15(17)16-10-5-7-12-18(16)23;1-15(2,3)14-11-7-10-13(16-14)12-8-5-4-6-9-12;1-9(2,3)8-5-4-6-10-7-8;1-9(2,3)8-6-4-5-7-10-8/h4-22H,1-3H3;4-15H,1-3H3;4-14H,1-3H3;4-11H,1-3H3;2*4-7H,1-3H3. The maximum atomic E-state index is 4.95. The Kier molecular flexibility index (Phi) is 23.4. The van der Waals surface area contributed by atoms with Gasteiger partial charge in [0.05, 0.1) is 55.5 Å². The van der Waals surface area contributed by atoms with Crippen LogP contribution in [0.1, 0.15) is 158 Å². The molecule has 19 aromatic rings. The number of pyridine rings is 4. The fourth-order valence-corrected chi connectivity index (χ4v) is 15.8. The smallest absolute Gasteiger partial charge is 0.137 e. The predicted molar refractivity (Wildman–Crippen MR) is 505 cm³/mol. The van der Waals surface area contributed by atoms with E-state index in [1.54, 1.807) is 6.20 Å². The summed E-state index contributed by atoms with van der Waals surface area (Å²) in [6.07, 6.45) is 5.55. The molecule has 0 N–H and O–H groups in total. The molecule has 118 heavy (non-hydrogen) atoms. The molecular weight excluding hydrogens is 1430 g/mol. The van der Waals surface area contributed by atoms with E-state index in [0.29, 0.717) is 0 Å². The van der Waals surface area contributed by atoms with Gasteiger partial charge in [0.25, 0.3) is 0 Å². The summed E-state index contributed by atoms with van der Waals surface area (Å²) in [7, 11) is 0. The summed E-state index contributed by atoms with van der Waals surface area (Å²) in [6, 6.07) is 118. The first-order valence-corrected chi connectivity index (χ1v) is 41.4. The molecule has 0 atom stereocenters. The van der Waals surface area contributed by atoms with Crippen molar-refractivity contribution in [2.75, 3.05) is 0 Å². The first-order chi connectivity index (χ1) is 56.4. The molecule has 8 nitrogen and oxygen atoms in total. The number of fused-ring (bicyclic) bond motifs is 12. The van der Waals surface area contributed by atoms with Crippen LogP contribution in [0.2, 0.25) is 0 Å². The quantitative estimate of drug-likeness (QED) is 0.172. The minimum absolute atomic E-state index is 0.0365. The SMILES string of the molecule is CC(C)(C)c1c(-n2c3ccccc3c3ccccc32)ccc2c3ccccc3n(-c3ccccc3)c12.CC(C)(C)c1cccc(-c2ccccc2)n1.CC(C)(C)c1cccc(-n2c3ccccc3c3ccccc32)n1.CC(C)(C)c1cccc2c3ccccc3n(-c3ccccc3)c12.CC(C)(C)c1ccccn1.CC(C)(C)c1cccnc1. The number of nitrogens with zero attached hydrogens (tertiary/aromatic N) is 8. The van der Waals surface area contributed by atoms with Crippen LogP contribution in [0, 0.1) is 0 Å². The summed E-state index contributed by atoms with van der Waals surface area (Å²) >= 11 is 0. The zero-order chi connectivity index (χ0) is 83.3. The Morgan fingerprint density at radius 2 is 0.619 bits per heavy atom. The largest absolute Gasteiger partial charge is 0.309 e. The maximum Gasteiger partial charge on any atom is 0.137 e. The summed E-state index contributed by atoms with van der Waals surface area (Å²) < 4.78 is 9.60. The molecule has 0 aliphatic rings. The third kappa shape index (κ3) is 17.5. The number of aromatic nitrogens is 8. The number of rotatable bonds is 5. The molecule has 19 rings (SSSR count). The Bertz CT molecular complexity index is 6480. The van der Waals surface area contributed by atoms with Crippen molar-refractivity contribution in [2.24, 2.45) is 0 Å². The molecule has 0 bridgehead atoms. The van der Waals surface area contributed by atoms with E-state index >= 15 is 0 Å². The van der Waals surface area contributed by atoms with Crippen molar-refractivity contribution in [2.45, 2.75) is 157 Å². The highest BCUT2D eigenvalue weighted by Crippen LogP contribution is 2.45. The van der Waals surface area contributed by atoms with Gasteiger partial charge in [0, 0.05) is 118 Å². The van der Waals surface area contributed by atoms with E-state index in [0.717, 1.165) is 28.6 Å². The van der Waals surface area contributed by atoms with E-state index in [9.17, 15) is 0 Å². The molecule has 592 valence electrons. The lowest BCUT2D eigenvalue weighted by molar-refractivity contribution is 0.567. The zero-order valence-corrected chi connectivity index (χ0v) is 72.1. The molecule has 0 aliphatic carbocycles. The van der Waals surface area contributed by atoms with Crippen molar-refractivity contribution >= 4 is 87.2 Å². The lowest BCUT2D eigenvalue weighted by atomic mass is 9.84. The first kappa shape index (κ1) is 81.8. The third-order valence-corrected chi connectivity index (χ3v) is 21.8. The van der Waals surface area contributed by atoms with Gasteiger partial charge in [-0.1, -0.05) is 349 Å². The van der Waals surface area contributed by atoms with E-state index in [1.807, 2.05) is 48.8 Å². The van der Waals surface area contributed by atoms with Gasteiger partial charge in [-0.3, -0.25) is 19.5 Å². The molecule has 0 spiro atoms. The second-order valence-corrected chi connectivity index (χ2v) is 36.8. The lowest BCUT2D eigenvalue weighted by Gasteiger charge is -2.27. The normalized spacial score (nSPS) is 12.0. The van der Waals surface area contributed by atoms with Crippen molar-refractivity contribution in [1.29, 1.82) is 0 Å². The van der Waals surface area contributed by atoms with Crippen LogP contribution < -0.4 is 0 Å². The molecule has 0 amide bonds. The second-order valence-electron chi connectivity index (χ2n) is 36.8. The van der Waals surface area contributed by atoms with Crippen molar-refractivity contribution < 1.29 is 0 Å². The van der Waals surface area contributed by atoms with E-state index in [1.165, 1.54) is 127 Å². The van der Waals surface area contributed by atoms with E-state index in [2.05, 4.69) is 450 Å². The molecule has 8 aromatic heterocycles. The monoisotopic (exact) mass is 1540 g/mol. The average Bonchev–Trinajstić information content (AvgIpc) is 1.54. The molecule has 11 aromatic carbocycles. The van der Waals surface area contributed by atoms with Crippen LogP contribution in [0.25, 0.3) is 121 Å². The van der Waals surface area contributed by atoms with E-state index < -0.39 is 0 Å². The fourth-order valence-electron chi connectivity index (χ4n) is 15.8. The summed E-state index contributed by atoms with van der Waals surface area (Å²) in [5.41, 5.74) is 23.8. The van der Waals surface area contributed by atoms with E-state index in [-0.39, 0.29) is 32.5 Å². The van der Waals surface area contributed by atoms with Crippen molar-refractivity contribution in [1.82, 2.24) is 38.2 Å². The van der Waals surface area contributed by atoms with Gasteiger partial charge in [0.2, 0.25) is 0 Å². The van der Waals surface area contributed by atoms with E-state index in [4.69, 9.17) is 9.97 Å². The molecule has 0 fully saturated rings. The van der Waals surface area contributed by atoms with Gasteiger partial charge in [-0.05, 0) is 137 Å². The minimum Gasteiger partial charge on any atom is -0.309 e. The minimum atomic E-state index is -0.0950. The van der Waals surface area contributed by atoms with Crippen molar-refractivity contribution in [3.63, 3.8) is 0 Å². The highest BCUT2D eigenvalue weighted by atomic mass is 15.1. The van der Waals surface area contributed by atoms with Crippen LogP contribution in [0.3, 0.4) is 0 Å². The van der Waals surface area contributed by atoms with Gasteiger partial charge in [0.15, 0.2) is 0 Å². The molecule has 0 saturated carbocycles. The zero-order valence-electron chi connectivity index (χ0n) is 72.1. The maximum absolute atomic E-state index is 4.95. The molecular formula is C110H112N8. The van der Waals surface area contributed by atoms with Gasteiger partial charge in [-0.15, -0.1) is 0 Å². The van der Waals surface area contributed by atoms with Crippen LogP contribution in [0.4, 0.5) is 0 Å². The highest BCUT2D eigenvalue weighted by molar-refractivity contribution is 6.14. The second kappa shape index (κ2) is 33.8. The number of hydrogen-bond acceptors (Lipinski definition) is 4. The Balaban J connectivity index is 0.000000123. The van der Waals surface area contributed by atoms with Crippen LogP contribution in [-0.4, -0.2) is 38.2 Å². The molecule has 0 radical (unpaired) electrons. The van der Waals surface area contributed by atoms with Crippen LogP contribution in [0.15, 0.2) is 352 Å². The highest BCUT2D eigenvalue weighted by Gasteiger charge is 2.30. The fraction of sp³-hybridized carbons (Fsp3) is 0.218. The Morgan fingerprint density at radius 3 is 1.03 bits per heavy atom. The third-order valence-electron chi connectivity index (χ3n) is 21.8. The van der Waals surface area contributed by atoms with Crippen molar-refractivity contribution in [3.05, 3.63) is 386 Å². The van der Waals surface area contributed by atoms with Crippen molar-refractivity contribution in [3.8, 4) is 34.1 Å². The molecule has 0 aliphatic heterocycles. The van der Waals surface area contributed by atoms with Gasteiger partial charge < -0.3 is 13.7 Å². The summed E-state index contributed by atoms with van der Waals surface area (Å²) in [6.45, 7) is 40.1. The summed E-state index contributed by atoms with van der Waals surface area (Å²) in [5, 5.41) is 10.3. The van der Waals surface area contributed by atoms with Gasteiger partial charge in [-0.2, -0.15) is 0 Å². The summed E-state index contributed by atoms with van der Waals surface area (Å²) in [4.78, 5) is 18.0. The topological polar surface area (TPSA) is 71.3 Å². The number of hydrogen-bond donors (Lipinski definition) is 0. The average molecular weight is 1550 g/mol. The predicted octanol–water partition coefficient (Wildman–Crippen LogP) is 29.5. The Labute approximate surface area is 698 Å². The summed E-state index contributed by atoms with van der Waals surface area (Å²) in [5.74, 6) is 0.981. The van der Waals surface area contributed by atoms with Gasteiger partial charge in [-0.25, -0.2) is 4.98 Å². The lowest BCUT2D eigenvalue weighted by Crippen LogP contribution is -2.17. The molecule has 8 heteroatoms. The number of para-hydroxylation sites is 9. The Hall–Kier alpha value is -12.8. The van der Waals surface area contributed by atoms with Gasteiger partial charge >= 0.3 is 0 Å². The van der Waals surface area contributed by atoms with Crippen LogP contribution in [-0.2, 0) is 32.5 Å². The van der Waals surface area contributed by atoms with Gasteiger partial charge in [0.1, 0.15) is 5.82 Å². The molecule has 8 heterocycles. The van der Waals surface area contributed by atoms with Crippen LogP contribution in [0.5, 0.6) is 0 Å². The molecule has 0 saturated heterocycles. The first-order valence-electron chi connectivity index (χ1n) is 41.4. The van der Waals surface area contributed by atoms with Crippen LogP contribution >= 0.6 is 0 Å².